The zero-order chi connectivity index (χ0) is 22.2. The first-order valence-corrected chi connectivity index (χ1v) is 11.9. The quantitative estimate of drug-likeness (QED) is 0.470. The summed E-state index contributed by atoms with van der Waals surface area (Å²) in [5, 5.41) is 13.0. The number of amides is 1. The molecule has 1 amide bonds. The molecule has 0 radical (unpaired) electrons. The van der Waals surface area contributed by atoms with Crippen LogP contribution < -0.4 is 10.9 Å². The molecule has 0 unspecified atom stereocenters. The predicted molar refractivity (Wildman–Crippen MR) is 126 cm³/mol. The number of nitrogens with zero attached hydrogens (tertiary/aromatic N) is 4. The van der Waals surface area contributed by atoms with E-state index in [1.54, 1.807) is 37.0 Å². The summed E-state index contributed by atoms with van der Waals surface area (Å²) < 4.78 is 3.38. The van der Waals surface area contributed by atoms with Gasteiger partial charge in [0.15, 0.2) is 5.16 Å². The smallest absolute Gasteiger partial charge is 0.262 e. The fraction of sp³-hybridized carbons (Fsp3) is 0.333. The number of carbonyl (C=O) groups is 1. The largest absolute Gasteiger partial charge is 0.349 e. The van der Waals surface area contributed by atoms with E-state index in [9.17, 15) is 9.59 Å². The fourth-order valence-electron chi connectivity index (χ4n) is 4.27. The van der Waals surface area contributed by atoms with Crippen molar-refractivity contribution in [1.29, 1.82) is 0 Å². The number of aryl methyl sites for hydroxylation is 2. The van der Waals surface area contributed by atoms with Crippen molar-refractivity contribution in [3.05, 3.63) is 69.5 Å². The topological polar surface area (TPSA) is 81.3 Å². The summed E-state index contributed by atoms with van der Waals surface area (Å²) in [6, 6.07) is 13.9. The molecule has 1 fully saturated rings. The van der Waals surface area contributed by atoms with E-state index in [1.807, 2.05) is 4.40 Å². The van der Waals surface area contributed by atoms with Gasteiger partial charge in [0.25, 0.3) is 11.5 Å². The van der Waals surface area contributed by atoms with E-state index in [1.165, 1.54) is 15.7 Å². The lowest BCUT2D eigenvalue weighted by Gasteiger charge is -2.13. The Morgan fingerprint density at radius 1 is 1.12 bits per heavy atom. The Morgan fingerprint density at radius 3 is 2.62 bits per heavy atom. The van der Waals surface area contributed by atoms with E-state index >= 15 is 0 Å². The van der Waals surface area contributed by atoms with Gasteiger partial charge in [-0.3, -0.25) is 18.6 Å². The van der Waals surface area contributed by atoms with Gasteiger partial charge in [-0.2, -0.15) is 0 Å². The molecule has 7 nitrogen and oxygen atoms in total. The van der Waals surface area contributed by atoms with Crippen molar-refractivity contribution >= 4 is 34.3 Å². The highest BCUT2D eigenvalue weighted by Gasteiger charge is 2.20. The van der Waals surface area contributed by atoms with Crippen LogP contribution in [0.15, 0.2) is 52.4 Å². The molecule has 4 aromatic rings. The summed E-state index contributed by atoms with van der Waals surface area (Å²) in [6.07, 6.45) is 4.36. The minimum Gasteiger partial charge on any atom is -0.349 e. The lowest BCUT2D eigenvalue weighted by Crippen LogP contribution is -2.32. The molecule has 0 atom stereocenters. The van der Waals surface area contributed by atoms with Crippen molar-refractivity contribution in [1.82, 2.24) is 24.5 Å². The van der Waals surface area contributed by atoms with Crippen LogP contribution in [0.4, 0.5) is 0 Å². The third-order valence-electron chi connectivity index (χ3n) is 6.13. The van der Waals surface area contributed by atoms with E-state index in [0.29, 0.717) is 27.4 Å². The van der Waals surface area contributed by atoms with Crippen molar-refractivity contribution < 1.29 is 4.79 Å². The molecule has 32 heavy (non-hydrogen) atoms. The first kappa shape index (κ1) is 20.8. The summed E-state index contributed by atoms with van der Waals surface area (Å²) in [4.78, 5) is 25.8. The third-order valence-corrected chi connectivity index (χ3v) is 7.13. The van der Waals surface area contributed by atoms with E-state index in [0.717, 1.165) is 31.4 Å². The summed E-state index contributed by atoms with van der Waals surface area (Å²) >= 11 is 1.56. The predicted octanol–water partition coefficient (Wildman–Crippen LogP) is 3.85. The molecule has 0 saturated heterocycles. The van der Waals surface area contributed by atoms with Crippen molar-refractivity contribution in [2.75, 3.05) is 0 Å². The van der Waals surface area contributed by atoms with Crippen LogP contribution in [0.2, 0.25) is 0 Å². The molecule has 1 aliphatic carbocycles. The molecule has 2 aromatic carbocycles. The van der Waals surface area contributed by atoms with E-state index < -0.39 is 0 Å². The van der Waals surface area contributed by atoms with Crippen LogP contribution in [0.5, 0.6) is 0 Å². The van der Waals surface area contributed by atoms with Crippen molar-refractivity contribution in [3.63, 3.8) is 0 Å². The van der Waals surface area contributed by atoms with Gasteiger partial charge in [0.1, 0.15) is 0 Å². The molecular formula is C24H25N5O2S. The van der Waals surface area contributed by atoms with E-state index in [-0.39, 0.29) is 17.5 Å². The maximum atomic E-state index is 12.9. The van der Waals surface area contributed by atoms with Gasteiger partial charge in [0.05, 0.1) is 10.9 Å². The van der Waals surface area contributed by atoms with Gasteiger partial charge >= 0.3 is 0 Å². The van der Waals surface area contributed by atoms with Crippen LogP contribution in [-0.4, -0.2) is 31.1 Å². The van der Waals surface area contributed by atoms with Crippen LogP contribution in [0.3, 0.4) is 0 Å². The van der Waals surface area contributed by atoms with Gasteiger partial charge in [0.2, 0.25) is 5.78 Å². The second-order valence-corrected chi connectivity index (χ2v) is 9.39. The number of rotatable bonds is 5. The molecule has 1 N–H and O–H groups in total. The molecule has 2 aromatic heterocycles. The molecule has 1 saturated carbocycles. The Morgan fingerprint density at radius 2 is 1.88 bits per heavy atom. The summed E-state index contributed by atoms with van der Waals surface area (Å²) in [6.45, 7) is 2.07. The molecule has 2 heterocycles. The van der Waals surface area contributed by atoms with Gasteiger partial charge in [0, 0.05) is 24.4 Å². The van der Waals surface area contributed by atoms with E-state index in [2.05, 4.69) is 46.7 Å². The minimum absolute atomic E-state index is 0.102. The highest BCUT2D eigenvalue weighted by Crippen LogP contribution is 2.25. The van der Waals surface area contributed by atoms with Gasteiger partial charge in [-0.05, 0) is 43.5 Å². The number of nitrogens with one attached hydrogen (secondary N) is 1. The standard InChI is InChI=1S/C24H25N5O2S/c1-15-7-9-16(10-8-15)14-32-24-27-26-23-28(2)22(31)19-12-11-17(13-20(19)29(23)24)21(30)25-18-5-3-4-6-18/h7-13,18H,3-6,14H2,1-2H3,(H,25,30). The highest BCUT2D eigenvalue weighted by molar-refractivity contribution is 7.98. The first-order valence-electron chi connectivity index (χ1n) is 10.9. The van der Waals surface area contributed by atoms with Gasteiger partial charge in [-0.15, -0.1) is 10.2 Å². The summed E-state index contributed by atoms with van der Waals surface area (Å²) in [5.41, 5.74) is 3.44. The van der Waals surface area contributed by atoms with Crippen LogP contribution >= 0.6 is 11.8 Å². The molecule has 0 bridgehead atoms. The summed E-state index contributed by atoms with van der Waals surface area (Å²) in [5.74, 6) is 1.09. The van der Waals surface area contributed by atoms with Crippen LogP contribution in [0, 0.1) is 6.92 Å². The minimum atomic E-state index is -0.155. The number of carbonyl (C=O) groups excluding carboxylic acids is 1. The van der Waals surface area contributed by atoms with Crippen molar-refractivity contribution in [2.45, 2.75) is 49.6 Å². The lowest BCUT2D eigenvalue weighted by molar-refractivity contribution is 0.0938. The van der Waals surface area contributed by atoms with Crippen LogP contribution in [-0.2, 0) is 12.8 Å². The molecular weight excluding hydrogens is 422 g/mol. The fourth-order valence-corrected chi connectivity index (χ4v) is 5.16. The first-order chi connectivity index (χ1) is 15.5. The SMILES string of the molecule is Cc1ccc(CSc2nnc3n(C)c(=O)c4ccc(C(=O)NC5CCCC5)cc4n23)cc1. The van der Waals surface area contributed by atoms with Gasteiger partial charge in [-0.1, -0.05) is 54.4 Å². The monoisotopic (exact) mass is 447 g/mol. The zero-order valence-corrected chi connectivity index (χ0v) is 19.0. The number of hydrogen-bond acceptors (Lipinski definition) is 5. The number of benzene rings is 2. The molecule has 0 aliphatic heterocycles. The second-order valence-electron chi connectivity index (χ2n) is 8.44. The molecule has 0 spiro atoms. The number of hydrogen-bond donors (Lipinski definition) is 1. The number of thioether (sulfide) groups is 1. The summed E-state index contributed by atoms with van der Waals surface area (Å²) in [7, 11) is 1.70. The van der Waals surface area contributed by atoms with Crippen LogP contribution in [0.25, 0.3) is 16.7 Å². The maximum absolute atomic E-state index is 12.9. The van der Waals surface area contributed by atoms with Gasteiger partial charge < -0.3 is 5.32 Å². The Balaban J connectivity index is 1.55. The van der Waals surface area contributed by atoms with Crippen molar-refractivity contribution in [2.24, 2.45) is 7.05 Å². The molecule has 1 aliphatic rings. The van der Waals surface area contributed by atoms with Gasteiger partial charge in [-0.25, -0.2) is 0 Å². The van der Waals surface area contributed by atoms with E-state index in [4.69, 9.17) is 0 Å². The lowest BCUT2D eigenvalue weighted by atomic mass is 10.1. The second kappa shape index (κ2) is 8.43. The average molecular weight is 448 g/mol. The third kappa shape index (κ3) is 3.79. The Labute approximate surface area is 189 Å². The maximum Gasteiger partial charge on any atom is 0.262 e. The van der Waals surface area contributed by atoms with Crippen molar-refractivity contribution in [3.8, 4) is 0 Å². The molecule has 164 valence electrons. The number of aromatic nitrogens is 4. The highest BCUT2D eigenvalue weighted by atomic mass is 32.2. The molecule has 5 rings (SSSR count). The Bertz CT molecular complexity index is 1370. The Hall–Kier alpha value is -3.13. The average Bonchev–Trinajstić information content (AvgIpc) is 3.47. The van der Waals surface area contributed by atoms with Crippen LogP contribution in [0.1, 0.15) is 47.2 Å². The molecule has 8 heteroatoms. The zero-order valence-electron chi connectivity index (χ0n) is 18.2. The normalized spacial score (nSPS) is 14.4. The Kier molecular flexibility index (Phi) is 5.46. The number of fused-ring (bicyclic) bond motifs is 3.